The summed E-state index contributed by atoms with van der Waals surface area (Å²) in [4.78, 5) is 11.0. The summed E-state index contributed by atoms with van der Waals surface area (Å²) in [7, 11) is 1.45. The molecule has 4 heteroatoms. The molecule has 0 spiro atoms. The van der Waals surface area contributed by atoms with E-state index in [0.717, 1.165) is 4.47 Å². The zero-order chi connectivity index (χ0) is 9.68. The summed E-state index contributed by atoms with van der Waals surface area (Å²) in [5.74, 6) is 0.108. The Morgan fingerprint density at radius 2 is 2.31 bits per heavy atom. The number of ether oxygens (including phenoxy) is 2. The van der Waals surface area contributed by atoms with Gasteiger partial charge >= 0.3 is 5.97 Å². The van der Waals surface area contributed by atoms with Crippen molar-refractivity contribution in [2.75, 3.05) is 13.7 Å². The van der Waals surface area contributed by atoms with Gasteiger partial charge in [-0.25, -0.2) is 4.79 Å². The van der Waals surface area contributed by atoms with Gasteiger partial charge in [0.15, 0.2) is 0 Å². The van der Waals surface area contributed by atoms with E-state index in [-0.39, 0.29) is 6.61 Å². The number of halogens is 1. The molecule has 0 aliphatic rings. The van der Waals surface area contributed by atoms with E-state index in [9.17, 15) is 4.79 Å². The summed E-state index contributed by atoms with van der Waals surface area (Å²) in [6, 6.07) is 7.07. The molecule has 3 nitrogen and oxygen atoms in total. The van der Waals surface area contributed by atoms with Crippen LogP contribution in [0.4, 0.5) is 0 Å². The minimum Gasteiger partial charge on any atom is -0.425 e. The predicted octanol–water partition coefficient (Wildman–Crippen LogP) is 2.00. The lowest BCUT2D eigenvalue weighted by molar-refractivity contribution is -0.138. The minimum absolute atomic E-state index is 0.0352. The number of benzene rings is 1. The van der Waals surface area contributed by atoms with Gasteiger partial charge in [-0.2, -0.15) is 0 Å². The van der Waals surface area contributed by atoms with Crippen LogP contribution in [0.25, 0.3) is 0 Å². The predicted molar refractivity (Wildman–Crippen MR) is 51.7 cm³/mol. The molecule has 0 saturated carbocycles. The van der Waals surface area contributed by atoms with Crippen molar-refractivity contribution in [1.82, 2.24) is 0 Å². The van der Waals surface area contributed by atoms with Crippen LogP contribution >= 0.6 is 15.9 Å². The largest absolute Gasteiger partial charge is 0.425 e. The second-order valence-electron chi connectivity index (χ2n) is 2.36. The van der Waals surface area contributed by atoms with Gasteiger partial charge in [-0.1, -0.05) is 22.0 Å². The molecule has 0 aliphatic carbocycles. The maximum Gasteiger partial charge on any atom is 0.337 e. The van der Waals surface area contributed by atoms with Gasteiger partial charge in [0.05, 0.1) is 0 Å². The molecule has 0 fully saturated rings. The lowest BCUT2D eigenvalue weighted by atomic mass is 10.3. The van der Waals surface area contributed by atoms with Crippen molar-refractivity contribution in [2.24, 2.45) is 0 Å². The van der Waals surface area contributed by atoms with Gasteiger partial charge in [0, 0.05) is 11.6 Å². The fraction of sp³-hybridized carbons (Fsp3) is 0.222. The Balaban J connectivity index is 2.58. The molecule has 0 aliphatic heterocycles. The van der Waals surface area contributed by atoms with Crippen molar-refractivity contribution in [2.45, 2.75) is 0 Å². The average Bonchev–Trinajstić information content (AvgIpc) is 2.04. The Bertz CT molecular complexity index is 299. The number of methoxy groups -OCH3 is 1. The first-order chi connectivity index (χ1) is 6.22. The summed E-state index contributed by atoms with van der Waals surface area (Å²) in [5, 5.41) is 0. The first kappa shape index (κ1) is 10.2. The number of hydrogen-bond donors (Lipinski definition) is 0. The lowest BCUT2D eigenvalue weighted by Gasteiger charge is -2.02. The first-order valence-corrected chi connectivity index (χ1v) is 4.47. The van der Waals surface area contributed by atoms with Crippen molar-refractivity contribution < 1.29 is 14.3 Å². The SMILES string of the molecule is COCC(=O)Oc1cccc(Br)c1. The van der Waals surface area contributed by atoms with Gasteiger partial charge in [0.25, 0.3) is 0 Å². The topological polar surface area (TPSA) is 35.5 Å². The van der Waals surface area contributed by atoms with Gasteiger partial charge in [-0.05, 0) is 18.2 Å². The van der Waals surface area contributed by atoms with E-state index in [0.29, 0.717) is 5.75 Å². The minimum atomic E-state index is -0.402. The van der Waals surface area contributed by atoms with Crippen LogP contribution in [0.3, 0.4) is 0 Å². The second-order valence-corrected chi connectivity index (χ2v) is 3.28. The highest BCUT2D eigenvalue weighted by Crippen LogP contribution is 2.17. The van der Waals surface area contributed by atoms with E-state index in [2.05, 4.69) is 20.7 Å². The third-order valence-electron chi connectivity index (χ3n) is 1.29. The van der Waals surface area contributed by atoms with Gasteiger partial charge in [-0.3, -0.25) is 0 Å². The molecule has 1 rings (SSSR count). The fourth-order valence-electron chi connectivity index (χ4n) is 0.809. The van der Waals surface area contributed by atoms with E-state index >= 15 is 0 Å². The molecule has 0 atom stereocenters. The quantitative estimate of drug-likeness (QED) is 0.603. The molecule has 0 N–H and O–H groups in total. The molecular weight excluding hydrogens is 236 g/mol. The molecule has 0 saturated heterocycles. The van der Waals surface area contributed by atoms with Crippen molar-refractivity contribution >= 4 is 21.9 Å². The van der Waals surface area contributed by atoms with Crippen LogP contribution in [0.1, 0.15) is 0 Å². The normalized spacial score (nSPS) is 9.69. The van der Waals surface area contributed by atoms with Gasteiger partial charge in [-0.15, -0.1) is 0 Å². The third-order valence-corrected chi connectivity index (χ3v) is 1.78. The van der Waals surface area contributed by atoms with E-state index in [1.807, 2.05) is 6.07 Å². The van der Waals surface area contributed by atoms with Crippen LogP contribution in [0, 0.1) is 0 Å². The Morgan fingerprint density at radius 3 is 2.92 bits per heavy atom. The van der Waals surface area contributed by atoms with Crippen LogP contribution in [0.15, 0.2) is 28.7 Å². The van der Waals surface area contributed by atoms with Crippen LogP contribution in [0.5, 0.6) is 5.75 Å². The standard InChI is InChI=1S/C9H9BrO3/c1-12-6-9(11)13-8-4-2-3-7(10)5-8/h2-5H,6H2,1H3. The molecule has 0 bridgehead atoms. The Labute approximate surface area is 84.8 Å². The Kier molecular flexibility index (Phi) is 3.92. The molecule has 70 valence electrons. The third kappa shape index (κ3) is 3.57. The summed E-state index contributed by atoms with van der Waals surface area (Å²) >= 11 is 3.27. The maximum atomic E-state index is 11.0. The smallest absolute Gasteiger partial charge is 0.337 e. The van der Waals surface area contributed by atoms with Crippen molar-refractivity contribution in [3.8, 4) is 5.75 Å². The van der Waals surface area contributed by atoms with Gasteiger partial charge in [0.2, 0.25) is 0 Å². The molecule has 0 amide bonds. The number of rotatable bonds is 3. The Hall–Kier alpha value is -0.870. The van der Waals surface area contributed by atoms with E-state index in [1.54, 1.807) is 18.2 Å². The van der Waals surface area contributed by atoms with E-state index < -0.39 is 5.97 Å². The number of carbonyl (C=O) groups excluding carboxylic acids is 1. The maximum absolute atomic E-state index is 11.0. The molecule has 0 aromatic heterocycles. The number of hydrogen-bond acceptors (Lipinski definition) is 3. The van der Waals surface area contributed by atoms with Crippen LogP contribution in [-0.2, 0) is 9.53 Å². The van der Waals surface area contributed by atoms with E-state index in [4.69, 9.17) is 4.74 Å². The molecule has 0 heterocycles. The molecule has 1 aromatic carbocycles. The molecule has 13 heavy (non-hydrogen) atoms. The van der Waals surface area contributed by atoms with Crippen LogP contribution < -0.4 is 4.74 Å². The summed E-state index contributed by atoms with van der Waals surface area (Å²) < 4.78 is 10.4. The lowest BCUT2D eigenvalue weighted by Crippen LogP contribution is -2.13. The molecule has 0 unspecified atom stereocenters. The van der Waals surface area contributed by atoms with Crippen molar-refractivity contribution in [3.63, 3.8) is 0 Å². The Morgan fingerprint density at radius 1 is 1.54 bits per heavy atom. The molecule has 1 aromatic rings. The molecular formula is C9H9BrO3. The monoisotopic (exact) mass is 244 g/mol. The highest BCUT2D eigenvalue weighted by atomic mass is 79.9. The highest BCUT2D eigenvalue weighted by Gasteiger charge is 2.03. The van der Waals surface area contributed by atoms with Crippen molar-refractivity contribution in [3.05, 3.63) is 28.7 Å². The summed E-state index contributed by atoms with van der Waals surface area (Å²) in [6.45, 7) is -0.0352. The van der Waals surface area contributed by atoms with Gasteiger partial charge < -0.3 is 9.47 Å². The second kappa shape index (κ2) is 4.99. The summed E-state index contributed by atoms with van der Waals surface area (Å²) in [6.07, 6.45) is 0. The fourth-order valence-corrected chi connectivity index (χ4v) is 1.19. The number of carbonyl (C=O) groups is 1. The summed E-state index contributed by atoms with van der Waals surface area (Å²) in [5.41, 5.74) is 0. The van der Waals surface area contributed by atoms with Crippen molar-refractivity contribution in [1.29, 1.82) is 0 Å². The van der Waals surface area contributed by atoms with Crippen LogP contribution in [-0.4, -0.2) is 19.7 Å². The average molecular weight is 245 g/mol. The van der Waals surface area contributed by atoms with Crippen LogP contribution in [0.2, 0.25) is 0 Å². The number of esters is 1. The molecule has 0 radical (unpaired) electrons. The zero-order valence-electron chi connectivity index (χ0n) is 7.12. The first-order valence-electron chi connectivity index (χ1n) is 3.67. The zero-order valence-corrected chi connectivity index (χ0v) is 8.71. The van der Waals surface area contributed by atoms with E-state index in [1.165, 1.54) is 7.11 Å². The highest BCUT2D eigenvalue weighted by molar-refractivity contribution is 9.10. The van der Waals surface area contributed by atoms with Gasteiger partial charge in [0.1, 0.15) is 12.4 Å².